The number of fused-ring (bicyclic) bond motifs is 3. The first kappa shape index (κ1) is 31.3. The number of aromatic nitrogens is 1. The molecule has 3 aromatic rings. The number of hydrogen-bond donors (Lipinski definition) is 6. The second-order valence-corrected chi connectivity index (χ2v) is 12.3. The number of rotatable bonds is 11. The first-order chi connectivity index (χ1) is 20.1. The Balaban J connectivity index is 1.48. The SMILES string of the molecule is O=C(NC(CS(=O)(=O)O)C(=O)NC(CS(=O)(=O)O)C(=O)On1c(O)ccc1O)OCC1c2ccccc2-c2ccccc21. The molecular formula is C25H25N3O13S2. The zero-order valence-electron chi connectivity index (χ0n) is 21.9. The van der Waals surface area contributed by atoms with Crippen molar-refractivity contribution in [2.75, 3.05) is 18.1 Å². The largest absolute Gasteiger partial charge is 0.492 e. The first-order valence-electron chi connectivity index (χ1n) is 12.3. The van der Waals surface area contributed by atoms with Gasteiger partial charge >= 0.3 is 12.1 Å². The van der Waals surface area contributed by atoms with Gasteiger partial charge in [0.25, 0.3) is 20.2 Å². The van der Waals surface area contributed by atoms with Crippen molar-refractivity contribution in [3.05, 3.63) is 71.8 Å². The Bertz CT molecular complexity index is 1700. The van der Waals surface area contributed by atoms with E-state index in [2.05, 4.69) is 4.84 Å². The Hall–Kier alpha value is -4.65. The molecule has 1 aliphatic carbocycles. The first-order valence-corrected chi connectivity index (χ1v) is 15.5. The van der Waals surface area contributed by atoms with Crippen molar-refractivity contribution in [1.82, 2.24) is 15.4 Å². The Morgan fingerprint density at radius 2 is 1.26 bits per heavy atom. The molecule has 16 nitrogen and oxygen atoms in total. The van der Waals surface area contributed by atoms with Crippen LogP contribution in [0.15, 0.2) is 60.7 Å². The zero-order valence-corrected chi connectivity index (χ0v) is 23.5. The summed E-state index contributed by atoms with van der Waals surface area (Å²) in [6.07, 6.45) is -1.29. The summed E-state index contributed by atoms with van der Waals surface area (Å²) in [7, 11) is -9.95. The smallest absolute Gasteiger partial charge is 0.407 e. The van der Waals surface area contributed by atoms with Crippen LogP contribution < -0.4 is 15.5 Å². The lowest BCUT2D eigenvalue weighted by atomic mass is 9.98. The van der Waals surface area contributed by atoms with Crippen LogP contribution in [0, 0.1) is 0 Å². The van der Waals surface area contributed by atoms with Gasteiger partial charge in [-0.3, -0.25) is 13.9 Å². The number of amides is 2. The molecule has 230 valence electrons. The molecule has 0 saturated carbocycles. The molecule has 4 rings (SSSR count). The summed E-state index contributed by atoms with van der Waals surface area (Å²) in [4.78, 5) is 42.8. The molecule has 6 N–H and O–H groups in total. The Labute approximate surface area is 244 Å². The maximum absolute atomic E-state index is 12.9. The lowest BCUT2D eigenvalue weighted by Crippen LogP contribution is -2.56. The molecule has 1 aromatic heterocycles. The fourth-order valence-electron chi connectivity index (χ4n) is 4.48. The third-order valence-electron chi connectivity index (χ3n) is 6.29. The molecule has 1 heterocycles. The number of hydrogen-bond acceptors (Lipinski definition) is 11. The van der Waals surface area contributed by atoms with Gasteiger partial charge in [0.05, 0.1) is 0 Å². The number of aromatic hydroxyl groups is 2. The Kier molecular flexibility index (Phi) is 8.95. The molecule has 2 aromatic carbocycles. The Morgan fingerprint density at radius 3 is 1.77 bits per heavy atom. The summed E-state index contributed by atoms with van der Waals surface area (Å²) in [5.74, 6) is -8.06. The predicted molar refractivity (Wildman–Crippen MR) is 146 cm³/mol. The van der Waals surface area contributed by atoms with Crippen molar-refractivity contribution in [3.63, 3.8) is 0 Å². The van der Waals surface area contributed by atoms with Crippen molar-refractivity contribution >= 4 is 38.2 Å². The van der Waals surface area contributed by atoms with Crippen molar-refractivity contribution in [2.45, 2.75) is 18.0 Å². The average molecular weight is 640 g/mol. The maximum Gasteiger partial charge on any atom is 0.407 e. The minimum atomic E-state index is -4.99. The number of carbonyl (C=O) groups is 3. The highest BCUT2D eigenvalue weighted by atomic mass is 32.2. The van der Waals surface area contributed by atoms with Gasteiger partial charge in [0.2, 0.25) is 17.7 Å². The van der Waals surface area contributed by atoms with Crippen LogP contribution in [0.4, 0.5) is 4.79 Å². The molecule has 0 spiro atoms. The van der Waals surface area contributed by atoms with Gasteiger partial charge in [-0.25, -0.2) is 9.59 Å². The quantitative estimate of drug-likeness (QED) is 0.152. The number of nitrogens with one attached hydrogen (secondary N) is 2. The number of ether oxygens (including phenoxy) is 1. The van der Waals surface area contributed by atoms with Gasteiger partial charge in [0, 0.05) is 18.1 Å². The van der Waals surface area contributed by atoms with E-state index >= 15 is 0 Å². The van der Waals surface area contributed by atoms with E-state index in [4.69, 9.17) is 4.74 Å². The highest BCUT2D eigenvalue weighted by Gasteiger charge is 2.35. The second-order valence-electron chi connectivity index (χ2n) is 9.34. The molecule has 0 radical (unpaired) electrons. The molecule has 18 heteroatoms. The van der Waals surface area contributed by atoms with Crippen molar-refractivity contribution in [3.8, 4) is 22.9 Å². The zero-order chi connectivity index (χ0) is 31.5. The number of carbonyl (C=O) groups excluding carboxylic acids is 3. The van der Waals surface area contributed by atoms with Gasteiger partial charge in [-0.1, -0.05) is 48.5 Å². The van der Waals surface area contributed by atoms with E-state index in [0.29, 0.717) is 0 Å². The normalized spacial score (nSPS) is 14.2. The van der Waals surface area contributed by atoms with E-state index in [1.54, 1.807) is 17.4 Å². The predicted octanol–water partition coefficient (Wildman–Crippen LogP) is 0.0222. The fraction of sp³-hybridized carbons (Fsp3) is 0.240. The summed E-state index contributed by atoms with van der Waals surface area (Å²) < 4.78 is 70.2. The van der Waals surface area contributed by atoms with Crippen LogP contribution >= 0.6 is 0 Å². The molecular weight excluding hydrogens is 614 g/mol. The van der Waals surface area contributed by atoms with Gasteiger partial charge in [-0.05, 0) is 22.3 Å². The lowest BCUT2D eigenvalue weighted by Gasteiger charge is -2.22. The molecule has 0 fully saturated rings. The summed E-state index contributed by atoms with van der Waals surface area (Å²) in [5.41, 5.74) is 3.56. The summed E-state index contributed by atoms with van der Waals surface area (Å²) in [6, 6.07) is 12.2. The van der Waals surface area contributed by atoms with Crippen LogP contribution in [-0.2, 0) is 34.6 Å². The van der Waals surface area contributed by atoms with Gasteiger partial charge in [0.1, 0.15) is 30.2 Å². The highest BCUT2D eigenvalue weighted by Crippen LogP contribution is 2.44. The van der Waals surface area contributed by atoms with Crippen LogP contribution in [0.1, 0.15) is 17.0 Å². The maximum atomic E-state index is 12.9. The minimum absolute atomic E-state index is 0.163. The van der Waals surface area contributed by atoms with Gasteiger partial charge in [-0.2, -0.15) is 16.8 Å². The monoisotopic (exact) mass is 639 g/mol. The van der Waals surface area contributed by atoms with Crippen LogP contribution in [0.5, 0.6) is 11.8 Å². The molecule has 0 saturated heterocycles. The van der Waals surface area contributed by atoms with Crippen LogP contribution in [0.2, 0.25) is 0 Å². The van der Waals surface area contributed by atoms with Crippen LogP contribution in [-0.4, -0.2) is 89.1 Å². The lowest BCUT2D eigenvalue weighted by molar-refractivity contribution is -0.149. The third kappa shape index (κ3) is 7.80. The van der Waals surface area contributed by atoms with Crippen molar-refractivity contribution in [1.29, 1.82) is 0 Å². The fourth-order valence-corrected chi connectivity index (χ4v) is 5.77. The molecule has 0 aliphatic heterocycles. The second kappa shape index (κ2) is 12.3. The minimum Gasteiger partial charge on any atom is -0.492 e. The number of benzene rings is 2. The number of nitrogens with zero attached hydrogens (tertiary/aromatic N) is 1. The molecule has 0 bridgehead atoms. The molecule has 1 aliphatic rings. The topological polar surface area (TPSA) is 248 Å². The van der Waals surface area contributed by atoms with E-state index in [1.807, 2.05) is 41.7 Å². The van der Waals surface area contributed by atoms with E-state index in [9.17, 15) is 50.5 Å². The average Bonchev–Trinajstić information content (AvgIpc) is 3.41. The van der Waals surface area contributed by atoms with E-state index in [1.165, 1.54) is 0 Å². The van der Waals surface area contributed by atoms with E-state index < -0.39 is 79.5 Å². The van der Waals surface area contributed by atoms with E-state index in [0.717, 1.165) is 34.4 Å². The van der Waals surface area contributed by atoms with Crippen molar-refractivity contribution < 1.29 is 60.1 Å². The Morgan fingerprint density at radius 1 is 0.767 bits per heavy atom. The third-order valence-corrected chi connectivity index (χ3v) is 7.80. The molecule has 43 heavy (non-hydrogen) atoms. The van der Waals surface area contributed by atoms with Gasteiger partial charge in [-0.15, -0.1) is 4.73 Å². The van der Waals surface area contributed by atoms with Crippen LogP contribution in [0.25, 0.3) is 11.1 Å². The highest BCUT2D eigenvalue weighted by molar-refractivity contribution is 7.86. The van der Waals surface area contributed by atoms with Crippen molar-refractivity contribution in [2.24, 2.45) is 0 Å². The standard InChI is InChI=1S/C25H25N3O13S2/c29-21-9-10-22(30)28(21)41-24(32)20(13-43(37,38)39)26-23(31)19(12-42(34,35)36)27-25(33)40-11-18-16-7-3-1-5-14(16)15-6-2-4-8-17(15)18/h1-10,18-20,29-30H,11-13H2,(H,26,31)(H,27,33)(H,34,35,36)(H,37,38,39). The summed E-state index contributed by atoms with van der Waals surface area (Å²) in [6.45, 7) is -0.234. The summed E-state index contributed by atoms with van der Waals surface area (Å²) in [5, 5.41) is 23.0. The van der Waals surface area contributed by atoms with Gasteiger partial charge < -0.3 is 30.4 Å². The molecule has 2 atom stereocenters. The van der Waals surface area contributed by atoms with Gasteiger partial charge in [0.15, 0.2) is 0 Å². The summed E-state index contributed by atoms with van der Waals surface area (Å²) >= 11 is 0. The number of alkyl carbamates (subject to hydrolysis) is 1. The van der Waals surface area contributed by atoms with E-state index in [-0.39, 0.29) is 11.3 Å². The van der Waals surface area contributed by atoms with Crippen LogP contribution in [0.3, 0.4) is 0 Å². The molecule has 2 amide bonds. The molecule has 2 unspecified atom stereocenters.